The summed E-state index contributed by atoms with van der Waals surface area (Å²) in [5.74, 6) is 0. The summed E-state index contributed by atoms with van der Waals surface area (Å²) in [5.41, 5.74) is 0.570. The molecule has 1 aliphatic carbocycles. The van der Waals surface area contributed by atoms with Crippen molar-refractivity contribution in [3.63, 3.8) is 0 Å². The predicted molar refractivity (Wildman–Crippen MR) is 44.2 cm³/mol. The summed E-state index contributed by atoms with van der Waals surface area (Å²) in [7, 11) is 0. The van der Waals surface area contributed by atoms with E-state index in [1.807, 2.05) is 18.7 Å². The Kier molecular flexibility index (Phi) is 1.48. The maximum atomic E-state index is 4.03. The van der Waals surface area contributed by atoms with Crippen LogP contribution in [0.25, 0.3) is 0 Å². The van der Waals surface area contributed by atoms with Gasteiger partial charge >= 0.3 is 0 Å². The summed E-state index contributed by atoms with van der Waals surface area (Å²) >= 11 is 0. The standard InChI is InChI=1S/C9H14N2/c1-9(3-2-4-9)7-11-6-5-10-8-11/h5-6,8H,2-4,7H2,1H3. The zero-order valence-electron chi connectivity index (χ0n) is 6.95. The monoisotopic (exact) mass is 150 g/mol. The van der Waals surface area contributed by atoms with E-state index in [-0.39, 0.29) is 0 Å². The molecule has 0 bridgehead atoms. The summed E-state index contributed by atoms with van der Waals surface area (Å²) in [5, 5.41) is 0. The molecule has 0 unspecified atom stereocenters. The molecule has 0 radical (unpaired) electrons. The van der Waals surface area contributed by atoms with E-state index in [1.165, 1.54) is 19.3 Å². The topological polar surface area (TPSA) is 17.8 Å². The second-order valence-corrected chi connectivity index (χ2v) is 3.90. The number of hydrogen-bond acceptors (Lipinski definition) is 1. The zero-order chi connectivity index (χ0) is 7.73. The van der Waals surface area contributed by atoms with Crippen LogP contribution in [0.15, 0.2) is 18.7 Å². The lowest BCUT2D eigenvalue weighted by Gasteiger charge is -2.38. The van der Waals surface area contributed by atoms with Gasteiger partial charge < -0.3 is 4.57 Å². The van der Waals surface area contributed by atoms with Gasteiger partial charge in [-0.1, -0.05) is 13.3 Å². The molecule has 1 aromatic heterocycles. The molecule has 2 rings (SSSR count). The van der Waals surface area contributed by atoms with Crippen LogP contribution in [0.4, 0.5) is 0 Å². The van der Waals surface area contributed by atoms with E-state index in [0.29, 0.717) is 5.41 Å². The summed E-state index contributed by atoms with van der Waals surface area (Å²) < 4.78 is 2.18. The molecule has 1 fully saturated rings. The molecule has 0 atom stereocenters. The van der Waals surface area contributed by atoms with Gasteiger partial charge in [0.05, 0.1) is 6.33 Å². The molecule has 1 saturated carbocycles. The quantitative estimate of drug-likeness (QED) is 0.631. The van der Waals surface area contributed by atoms with Crippen molar-refractivity contribution in [2.75, 3.05) is 0 Å². The Hall–Kier alpha value is -0.790. The van der Waals surface area contributed by atoms with Gasteiger partial charge in [0.1, 0.15) is 0 Å². The van der Waals surface area contributed by atoms with Gasteiger partial charge in [-0.05, 0) is 18.3 Å². The average molecular weight is 150 g/mol. The number of imidazole rings is 1. The van der Waals surface area contributed by atoms with Crippen molar-refractivity contribution in [2.24, 2.45) is 5.41 Å². The van der Waals surface area contributed by atoms with E-state index in [4.69, 9.17) is 0 Å². The third-order valence-corrected chi connectivity index (χ3v) is 2.68. The molecule has 60 valence electrons. The van der Waals surface area contributed by atoms with Gasteiger partial charge in [-0.2, -0.15) is 0 Å². The molecular weight excluding hydrogens is 136 g/mol. The Labute approximate surface area is 67.3 Å². The van der Waals surface area contributed by atoms with E-state index in [1.54, 1.807) is 0 Å². The summed E-state index contributed by atoms with van der Waals surface area (Å²) in [6.07, 6.45) is 9.97. The first kappa shape index (κ1) is 6.89. The van der Waals surface area contributed by atoms with Gasteiger partial charge in [0.25, 0.3) is 0 Å². The molecule has 0 N–H and O–H groups in total. The molecule has 0 amide bonds. The third kappa shape index (κ3) is 1.30. The smallest absolute Gasteiger partial charge is 0.0946 e. The Bertz CT molecular complexity index is 222. The fourth-order valence-electron chi connectivity index (χ4n) is 1.76. The Balaban J connectivity index is 2.00. The number of hydrogen-bond donors (Lipinski definition) is 0. The van der Waals surface area contributed by atoms with Crippen LogP contribution in [0.5, 0.6) is 0 Å². The second kappa shape index (κ2) is 2.36. The van der Waals surface area contributed by atoms with Gasteiger partial charge in [-0.15, -0.1) is 0 Å². The second-order valence-electron chi connectivity index (χ2n) is 3.90. The Morgan fingerprint density at radius 1 is 1.55 bits per heavy atom. The normalized spacial score (nSPS) is 21.2. The van der Waals surface area contributed by atoms with Crippen molar-refractivity contribution in [3.8, 4) is 0 Å². The van der Waals surface area contributed by atoms with Crippen LogP contribution < -0.4 is 0 Å². The van der Waals surface area contributed by atoms with Gasteiger partial charge in [-0.25, -0.2) is 4.98 Å². The van der Waals surface area contributed by atoms with E-state index >= 15 is 0 Å². The Morgan fingerprint density at radius 2 is 2.36 bits per heavy atom. The maximum absolute atomic E-state index is 4.03. The summed E-state index contributed by atoms with van der Waals surface area (Å²) in [4.78, 5) is 4.03. The van der Waals surface area contributed by atoms with E-state index < -0.39 is 0 Å². The molecule has 0 aliphatic heterocycles. The van der Waals surface area contributed by atoms with Crippen LogP contribution in [0.2, 0.25) is 0 Å². The minimum absolute atomic E-state index is 0.570. The van der Waals surface area contributed by atoms with Gasteiger partial charge in [0.15, 0.2) is 0 Å². The van der Waals surface area contributed by atoms with Crippen molar-refractivity contribution in [3.05, 3.63) is 18.7 Å². The summed E-state index contributed by atoms with van der Waals surface area (Å²) in [6, 6.07) is 0. The molecule has 11 heavy (non-hydrogen) atoms. The van der Waals surface area contributed by atoms with Crippen LogP contribution in [-0.2, 0) is 6.54 Å². The lowest BCUT2D eigenvalue weighted by atomic mass is 9.70. The highest BCUT2D eigenvalue weighted by Gasteiger charge is 2.31. The zero-order valence-corrected chi connectivity index (χ0v) is 6.95. The molecule has 0 spiro atoms. The first-order chi connectivity index (χ1) is 5.29. The molecule has 2 heteroatoms. The van der Waals surface area contributed by atoms with Crippen molar-refractivity contribution >= 4 is 0 Å². The third-order valence-electron chi connectivity index (χ3n) is 2.68. The van der Waals surface area contributed by atoms with Crippen molar-refractivity contribution < 1.29 is 0 Å². The van der Waals surface area contributed by atoms with Gasteiger partial charge in [0.2, 0.25) is 0 Å². The highest BCUT2D eigenvalue weighted by molar-refractivity contribution is 4.86. The van der Waals surface area contributed by atoms with Crippen molar-refractivity contribution in [1.82, 2.24) is 9.55 Å². The molecular formula is C9H14N2. The van der Waals surface area contributed by atoms with E-state index in [2.05, 4.69) is 16.5 Å². The fourth-order valence-corrected chi connectivity index (χ4v) is 1.76. The predicted octanol–water partition coefficient (Wildman–Crippen LogP) is 2.07. The highest BCUT2D eigenvalue weighted by Crippen LogP contribution is 2.41. The fraction of sp³-hybridized carbons (Fsp3) is 0.667. The highest BCUT2D eigenvalue weighted by atomic mass is 15.0. The first-order valence-electron chi connectivity index (χ1n) is 4.24. The first-order valence-corrected chi connectivity index (χ1v) is 4.24. The molecule has 2 nitrogen and oxygen atoms in total. The van der Waals surface area contributed by atoms with Crippen LogP contribution in [0.3, 0.4) is 0 Å². The largest absolute Gasteiger partial charge is 0.337 e. The van der Waals surface area contributed by atoms with Crippen LogP contribution >= 0.6 is 0 Å². The lowest BCUT2D eigenvalue weighted by Crippen LogP contribution is -2.30. The average Bonchev–Trinajstić information content (AvgIpc) is 2.36. The molecule has 1 aromatic rings. The minimum Gasteiger partial charge on any atom is -0.337 e. The molecule has 0 saturated heterocycles. The number of aromatic nitrogens is 2. The summed E-state index contributed by atoms with van der Waals surface area (Å²) in [6.45, 7) is 3.50. The van der Waals surface area contributed by atoms with E-state index in [9.17, 15) is 0 Å². The van der Waals surface area contributed by atoms with Gasteiger partial charge in [0, 0.05) is 18.9 Å². The molecule has 1 aliphatic rings. The SMILES string of the molecule is CC1(Cn2ccnc2)CCC1. The molecule has 0 aromatic carbocycles. The van der Waals surface area contributed by atoms with Gasteiger partial charge in [-0.3, -0.25) is 0 Å². The van der Waals surface area contributed by atoms with Crippen molar-refractivity contribution in [2.45, 2.75) is 32.7 Å². The molecule has 1 heterocycles. The number of rotatable bonds is 2. The van der Waals surface area contributed by atoms with Crippen LogP contribution in [-0.4, -0.2) is 9.55 Å². The van der Waals surface area contributed by atoms with E-state index in [0.717, 1.165) is 6.54 Å². The minimum atomic E-state index is 0.570. The lowest BCUT2D eigenvalue weighted by molar-refractivity contribution is 0.132. The van der Waals surface area contributed by atoms with Crippen LogP contribution in [0, 0.1) is 5.41 Å². The Morgan fingerprint density at radius 3 is 2.82 bits per heavy atom. The maximum Gasteiger partial charge on any atom is 0.0946 e. The van der Waals surface area contributed by atoms with Crippen LogP contribution in [0.1, 0.15) is 26.2 Å². The number of nitrogens with zero attached hydrogens (tertiary/aromatic N) is 2. The van der Waals surface area contributed by atoms with Crippen molar-refractivity contribution in [1.29, 1.82) is 0 Å².